The van der Waals surface area contributed by atoms with Gasteiger partial charge < -0.3 is 15.1 Å². The van der Waals surface area contributed by atoms with Crippen molar-refractivity contribution in [3.05, 3.63) is 89.0 Å². The van der Waals surface area contributed by atoms with Crippen LogP contribution in [0, 0.1) is 5.92 Å². The molecule has 0 aliphatic rings. The molecule has 0 amide bonds. The molecule has 2 N–H and O–H groups in total. The number of carboxylic acid groups (broad SMARTS) is 1. The molecule has 0 bridgehead atoms. The SMILES string of the molecule is CC(C)CC(Oc1ccc(-c2ccc(C(C)C)cc2)c(/C=N\O)c1)c1ccc(C(=O)CCCC(=O)O)cc1. The third kappa shape index (κ3) is 8.04. The van der Waals surface area contributed by atoms with Crippen LogP contribution in [-0.4, -0.2) is 28.3 Å². The maximum Gasteiger partial charge on any atom is 0.303 e. The van der Waals surface area contributed by atoms with Gasteiger partial charge in [0.05, 0.1) is 6.21 Å². The molecule has 0 spiro atoms. The zero-order valence-electron chi connectivity index (χ0n) is 22.6. The van der Waals surface area contributed by atoms with Crippen LogP contribution in [0.25, 0.3) is 11.1 Å². The van der Waals surface area contributed by atoms with Crippen molar-refractivity contribution in [2.24, 2.45) is 11.1 Å². The van der Waals surface area contributed by atoms with Gasteiger partial charge in [-0.2, -0.15) is 0 Å². The summed E-state index contributed by atoms with van der Waals surface area (Å²) in [7, 11) is 0. The molecule has 3 aromatic rings. The summed E-state index contributed by atoms with van der Waals surface area (Å²) in [5.74, 6) is 0.508. The monoisotopic (exact) mass is 515 g/mol. The Morgan fingerprint density at radius 3 is 2.13 bits per heavy atom. The lowest BCUT2D eigenvalue weighted by atomic mass is 9.95. The highest BCUT2D eigenvalue weighted by Crippen LogP contribution is 2.32. The smallest absolute Gasteiger partial charge is 0.303 e. The Balaban J connectivity index is 1.82. The van der Waals surface area contributed by atoms with E-state index in [9.17, 15) is 14.8 Å². The van der Waals surface area contributed by atoms with E-state index in [-0.39, 0.29) is 24.7 Å². The number of benzene rings is 3. The van der Waals surface area contributed by atoms with E-state index in [0.717, 1.165) is 28.7 Å². The molecular formula is C32H37NO5. The highest BCUT2D eigenvalue weighted by atomic mass is 16.5. The standard InChI is InChI=1S/C32H37NO5/c1-21(2)18-31(26-14-12-25(13-15-26)30(34)6-5-7-32(35)36)38-28-16-17-29(27(19-28)20-33-37)24-10-8-23(9-11-24)22(3)4/h8-17,19-22,31,37H,5-7,18H2,1-4H3,(H,35,36)/b33-20-. The van der Waals surface area contributed by atoms with Gasteiger partial charge in [0, 0.05) is 24.0 Å². The van der Waals surface area contributed by atoms with Crippen molar-refractivity contribution in [2.75, 3.05) is 0 Å². The summed E-state index contributed by atoms with van der Waals surface area (Å²) in [6.07, 6.45) is 2.47. The van der Waals surface area contributed by atoms with Gasteiger partial charge in [0.2, 0.25) is 0 Å². The number of carboxylic acids is 1. The molecule has 0 saturated heterocycles. The van der Waals surface area contributed by atoms with Crippen LogP contribution in [0.4, 0.5) is 0 Å². The lowest BCUT2D eigenvalue weighted by molar-refractivity contribution is -0.137. The van der Waals surface area contributed by atoms with Crippen LogP contribution in [0.5, 0.6) is 5.75 Å². The molecule has 6 heteroatoms. The van der Waals surface area contributed by atoms with Crippen LogP contribution in [0.1, 0.15) is 92.4 Å². The van der Waals surface area contributed by atoms with Crippen LogP contribution in [0.15, 0.2) is 71.9 Å². The summed E-state index contributed by atoms with van der Waals surface area (Å²) in [4.78, 5) is 23.1. The number of oxime groups is 1. The number of Topliss-reactive ketones (excluding diaryl/α,β-unsaturated/α-hetero) is 1. The fourth-order valence-electron chi connectivity index (χ4n) is 4.37. The molecule has 0 radical (unpaired) electrons. The molecule has 0 aromatic heterocycles. The van der Waals surface area contributed by atoms with E-state index in [1.807, 2.05) is 30.3 Å². The fourth-order valence-corrected chi connectivity index (χ4v) is 4.37. The zero-order valence-corrected chi connectivity index (χ0v) is 22.6. The first-order valence-corrected chi connectivity index (χ1v) is 13.1. The Labute approximate surface area is 225 Å². The molecule has 200 valence electrons. The molecule has 0 aliphatic carbocycles. The number of aliphatic carboxylic acids is 1. The molecule has 3 rings (SSSR count). The summed E-state index contributed by atoms with van der Waals surface area (Å²) in [6, 6.07) is 21.5. The van der Waals surface area contributed by atoms with Crippen molar-refractivity contribution in [3.63, 3.8) is 0 Å². The topological polar surface area (TPSA) is 96.2 Å². The molecule has 6 nitrogen and oxygen atoms in total. The number of rotatable bonds is 13. The minimum absolute atomic E-state index is 0.0147. The van der Waals surface area contributed by atoms with Crippen molar-refractivity contribution in [3.8, 4) is 16.9 Å². The molecular weight excluding hydrogens is 478 g/mol. The summed E-state index contributed by atoms with van der Waals surface area (Å²) >= 11 is 0. The van der Waals surface area contributed by atoms with Gasteiger partial charge in [-0.1, -0.05) is 87.4 Å². The van der Waals surface area contributed by atoms with Crippen LogP contribution < -0.4 is 4.74 Å². The number of nitrogens with zero attached hydrogens (tertiary/aromatic N) is 1. The highest BCUT2D eigenvalue weighted by Gasteiger charge is 2.18. The molecule has 1 atom stereocenters. The van der Waals surface area contributed by atoms with E-state index in [1.165, 1.54) is 11.8 Å². The van der Waals surface area contributed by atoms with Gasteiger partial charge in [-0.05, 0) is 59.1 Å². The number of hydrogen-bond donors (Lipinski definition) is 2. The Kier molecular flexibility index (Phi) is 10.2. The molecule has 38 heavy (non-hydrogen) atoms. The lowest BCUT2D eigenvalue weighted by Gasteiger charge is -2.22. The van der Waals surface area contributed by atoms with Crippen LogP contribution in [-0.2, 0) is 4.79 Å². The van der Waals surface area contributed by atoms with Crippen LogP contribution >= 0.6 is 0 Å². The average molecular weight is 516 g/mol. The highest BCUT2D eigenvalue weighted by molar-refractivity contribution is 5.96. The molecule has 1 unspecified atom stereocenters. The second kappa shape index (κ2) is 13.6. The van der Waals surface area contributed by atoms with Gasteiger partial charge in [0.15, 0.2) is 5.78 Å². The quantitative estimate of drug-likeness (QED) is 0.104. The van der Waals surface area contributed by atoms with Gasteiger partial charge in [0.25, 0.3) is 0 Å². The van der Waals surface area contributed by atoms with Crippen LogP contribution in [0.2, 0.25) is 0 Å². The number of hydrogen-bond acceptors (Lipinski definition) is 5. The Bertz CT molecular complexity index is 1240. The maximum absolute atomic E-state index is 12.4. The number of ketones is 1. The van der Waals surface area contributed by atoms with E-state index in [0.29, 0.717) is 29.6 Å². The third-order valence-electron chi connectivity index (χ3n) is 6.47. The second-order valence-electron chi connectivity index (χ2n) is 10.3. The van der Waals surface area contributed by atoms with Crippen molar-refractivity contribution in [2.45, 2.75) is 65.4 Å². The molecule has 0 fully saturated rings. The van der Waals surface area contributed by atoms with Crippen molar-refractivity contribution in [1.29, 1.82) is 0 Å². The first kappa shape index (κ1) is 28.6. The Morgan fingerprint density at radius 2 is 1.55 bits per heavy atom. The van der Waals surface area contributed by atoms with Gasteiger partial charge in [-0.3, -0.25) is 9.59 Å². The maximum atomic E-state index is 12.4. The summed E-state index contributed by atoms with van der Waals surface area (Å²) < 4.78 is 6.44. The van der Waals surface area contributed by atoms with E-state index in [4.69, 9.17) is 9.84 Å². The largest absolute Gasteiger partial charge is 0.486 e. The predicted octanol–water partition coefficient (Wildman–Crippen LogP) is 7.89. The van der Waals surface area contributed by atoms with E-state index in [1.54, 1.807) is 12.1 Å². The van der Waals surface area contributed by atoms with E-state index < -0.39 is 5.97 Å². The molecule has 3 aromatic carbocycles. The minimum atomic E-state index is -0.896. The normalized spacial score (nSPS) is 12.3. The van der Waals surface area contributed by atoms with Crippen molar-refractivity contribution >= 4 is 18.0 Å². The molecule has 0 aliphatic heterocycles. The van der Waals surface area contributed by atoms with Crippen LogP contribution in [0.3, 0.4) is 0 Å². The molecule has 0 heterocycles. The van der Waals surface area contributed by atoms with Gasteiger partial charge in [-0.25, -0.2) is 0 Å². The third-order valence-corrected chi connectivity index (χ3v) is 6.47. The first-order valence-electron chi connectivity index (χ1n) is 13.1. The van der Waals surface area contributed by atoms with Crippen molar-refractivity contribution in [1.82, 2.24) is 0 Å². The zero-order chi connectivity index (χ0) is 27.7. The Hall–Kier alpha value is -3.93. The first-order chi connectivity index (χ1) is 18.2. The Morgan fingerprint density at radius 1 is 0.895 bits per heavy atom. The van der Waals surface area contributed by atoms with Gasteiger partial charge >= 0.3 is 5.97 Å². The van der Waals surface area contributed by atoms with Gasteiger partial charge in [0.1, 0.15) is 11.9 Å². The molecule has 0 saturated carbocycles. The lowest BCUT2D eigenvalue weighted by Crippen LogP contribution is -2.11. The van der Waals surface area contributed by atoms with Crippen molar-refractivity contribution < 1.29 is 24.6 Å². The predicted molar refractivity (Wildman–Crippen MR) is 150 cm³/mol. The number of carbonyl (C=O) groups excluding carboxylic acids is 1. The van der Waals surface area contributed by atoms with Gasteiger partial charge in [-0.15, -0.1) is 0 Å². The summed E-state index contributed by atoms with van der Waals surface area (Å²) in [6.45, 7) is 8.58. The summed E-state index contributed by atoms with van der Waals surface area (Å²) in [5, 5.41) is 21.4. The summed E-state index contributed by atoms with van der Waals surface area (Å²) in [5.41, 5.74) is 5.49. The minimum Gasteiger partial charge on any atom is -0.486 e. The van der Waals surface area contributed by atoms with E-state index in [2.05, 4.69) is 57.1 Å². The number of ether oxygens (including phenoxy) is 1. The average Bonchev–Trinajstić information content (AvgIpc) is 2.88. The fraction of sp³-hybridized carbons (Fsp3) is 0.344. The second-order valence-corrected chi connectivity index (χ2v) is 10.3. The number of carbonyl (C=O) groups is 2. The van der Waals surface area contributed by atoms with E-state index >= 15 is 0 Å².